The molecular weight excluding hydrogens is 354 g/mol. The van der Waals surface area contributed by atoms with E-state index >= 15 is 0 Å². The number of alkyl halides is 2. The number of nitrogens with zero attached hydrogens (tertiary/aromatic N) is 1. The van der Waals surface area contributed by atoms with Crippen molar-refractivity contribution in [3.8, 4) is 0 Å². The summed E-state index contributed by atoms with van der Waals surface area (Å²) in [5.74, 6) is -4.16. The van der Waals surface area contributed by atoms with Crippen LogP contribution in [-0.4, -0.2) is 42.0 Å². The summed E-state index contributed by atoms with van der Waals surface area (Å²) in [6.07, 6.45) is 0.858. The van der Waals surface area contributed by atoms with Crippen LogP contribution in [0, 0.1) is 5.41 Å². The smallest absolute Gasteiger partial charge is 0.310 e. The first-order chi connectivity index (χ1) is 12.8. The number of piperidine rings is 1. The van der Waals surface area contributed by atoms with Crippen LogP contribution in [-0.2, 0) is 9.59 Å². The van der Waals surface area contributed by atoms with E-state index < -0.39 is 23.3 Å². The molecule has 2 N–H and O–H groups in total. The van der Waals surface area contributed by atoms with Crippen LogP contribution in [0.1, 0.15) is 44.9 Å². The summed E-state index contributed by atoms with van der Waals surface area (Å²) in [5, 5.41) is 12.9. The lowest BCUT2D eigenvalue weighted by Crippen LogP contribution is -2.50. The van der Waals surface area contributed by atoms with Gasteiger partial charge < -0.3 is 15.3 Å². The Bertz CT molecular complexity index is 675. The molecule has 1 unspecified atom stereocenters. The summed E-state index contributed by atoms with van der Waals surface area (Å²) >= 11 is 0. The van der Waals surface area contributed by atoms with Crippen molar-refractivity contribution in [3.63, 3.8) is 0 Å². The SMILES string of the molecule is O=C(CC1(C(=O)O)CCNCC1)N(c1ccccc1)C1CCCC(F)(F)C1. The van der Waals surface area contributed by atoms with Gasteiger partial charge in [0.05, 0.1) is 5.41 Å². The molecule has 1 aliphatic carbocycles. The van der Waals surface area contributed by atoms with Crippen molar-refractivity contribution in [1.29, 1.82) is 0 Å². The number of carbonyl (C=O) groups is 2. The number of carbonyl (C=O) groups excluding carboxylic acids is 1. The lowest BCUT2D eigenvalue weighted by atomic mass is 9.75. The molecule has 1 atom stereocenters. The number of benzene rings is 1. The van der Waals surface area contributed by atoms with Gasteiger partial charge in [0, 0.05) is 31.0 Å². The van der Waals surface area contributed by atoms with Gasteiger partial charge in [0.1, 0.15) is 0 Å². The summed E-state index contributed by atoms with van der Waals surface area (Å²) in [6, 6.07) is 8.15. The lowest BCUT2D eigenvalue weighted by Gasteiger charge is -2.40. The number of hydrogen-bond donors (Lipinski definition) is 2. The number of carboxylic acid groups (broad SMARTS) is 1. The van der Waals surface area contributed by atoms with Crippen molar-refractivity contribution in [2.24, 2.45) is 5.41 Å². The maximum absolute atomic E-state index is 14.0. The number of aliphatic carboxylic acids is 1. The zero-order chi connectivity index (χ0) is 19.5. The van der Waals surface area contributed by atoms with Crippen molar-refractivity contribution in [3.05, 3.63) is 30.3 Å². The van der Waals surface area contributed by atoms with Gasteiger partial charge in [-0.3, -0.25) is 9.59 Å². The fraction of sp³-hybridized carbons (Fsp3) is 0.600. The van der Waals surface area contributed by atoms with Crippen LogP contribution >= 0.6 is 0 Å². The van der Waals surface area contributed by atoms with E-state index in [1.165, 1.54) is 4.90 Å². The van der Waals surface area contributed by atoms with Crippen LogP contribution in [0.5, 0.6) is 0 Å². The standard InChI is InChI=1S/C20H26F2N2O3/c21-20(22)8-4-7-16(13-20)24(15-5-2-1-3-6-15)17(25)14-19(18(26)27)9-11-23-12-10-19/h1-3,5-6,16,23H,4,7-14H2,(H,26,27). The van der Waals surface area contributed by atoms with Crippen molar-refractivity contribution in [2.75, 3.05) is 18.0 Å². The average Bonchev–Trinajstić information content (AvgIpc) is 2.62. The molecule has 7 heteroatoms. The number of para-hydroxylation sites is 1. The first kappa shape index (κ1) is 19.7. The van der Waals surface area contributed by atoms with Crippen molar-refractivity contribution >= 4 is 17.6 Å². The van der Waals surface area contributed by atoms with E-state index in [1.807, 2.05) is 0 Å². The summed E-state index contributed by atoms with van der Waals surface area (Å²) in [5.41, 5.74) is -0.577. The highest BCUT2D eigenvalue weighted by molar-refractivity contribution is 5.97. The van der Waals surface area contributed by atoms with E-state index in [4.69, 9.17) is 0 Å². The van der Waals surface area contributed by atoms with Gasteiger partial charge in [-0.1, -0.05) is 18.2 Å². The van der Waals surface area contributed by atoms with Gasteiger partial charge in [0.25, 0.3) is 0 Å². The van der Waals surface area contributed by atoms with Gasteiger partial charge in [-0.2, -0.15) is 0 Å². The highest BCUT2D eigenvalue weighted by Gasteiger charge is 2.45. The molecule has 1 saturated carbocycles. The summed E-state index contributed by atoms with van der Waals surface area (Å²) in [6.45, 7) is 1.07. The molecule has 2 fully saturated rings. The third-order valence-electron chi connectivity index (χ3n) is 5.79. The Balaban J connectivity index is 1.88. The molecule has 0 radical (unpaired) electrons. The second-order valence-electron chi connectivity index (χ2n) is 7.72. The van der Waals surface area contributed by atoms with E-state index in [-0.39, 0.29) is 25.2 Å². The number of halogens is 2. The van der Waals surface area contributed by atoms with Crippen LogP contribution in [0.2, 0.25) is 0 Å². The van der Waals surface area contributed by atoms with E-state index in [0.29, 0.717) is 44.5 Å². The van der Waals surface area contributed by atoms with Crippen LogP contribution in [0.25, 0.3) is 0 Å². The fourth-order valence-corrected chi connectivity index (χ4v) is 4.26. The van der Waals surface area contributed by atoms with E-state index in [0.717, 1.165) is 0 Å². The molecule has 1 amide bonds. The summed E-state index contributed by atoms with van der Waals surface area (Å²) in [7, 11) is 0. The minimum absolute atomic E-state index is 0.162. The van der Waals surface area contributed by atoms with Gasteiger partial charge in [0.15, 0.2) is 0 Å². The molecule has 1 aliphatic heterocycles. The summed E-state index contributed by atoms with van der Waals surface area (Å²) in [4.78, 5) is 26.6. The number of amides is 1. The van der Waals surface area contributed by atoms with Crippen LogP contribution in [0.15, 0.2) is 30.3 Å². The predicted octanol–water partition coefficient (Wildman–Crippen LogP) is 3.44. The Morgan fingerprint density at radius 2 is 1.81 bits per heavy atom. The Kier molecular flexibility index (Phi) is 5.79. The molecule has 1 heterocycles. The Morgan fingerprint density at radius 1 is 1.15 bits per heavy atom. The van der Waals surface area contributed by atoms with Crippen molar-refractivity contribution in [1.82, 2.24) is 5.32 Å². The number of hydrogen-bond acceptors (Lipinski definition) is 3. The zero-order valence-corrected chi connectivity index (χ0v) is 15.3. The number of carboxylic acids is 1. The maximum Gasteiger partial charge on any atom is 0.310 e. The molecule has 0 spiro atoms. The molecular formula is C20H26F2N2O3. The topological polar surface area (TPSA) is 69.6 Å². The maximum atomic E-state index is 14.0. The molecule has 1 aromatic rings. The number of anilines is 1. The van der Waals surface area contributed by atoms with Crippen molar-refractivity contribution in [2.45, 2.75) is 56.9 Å². The Labute approximate surface area is 157 Å². The van der Waals surface area contributed by atoms with Crippen LogP contribution in [0.4, 0.5) is 14.5 Å². The first-order valence-electron chi connectivity index (χ1n) is 9.52. The fourth-order valence-electron chi connectivity index (χ4n) is 4.26. The Hall–Kier alpha value is -2.02. The second kappa shape index (κ2) is 7.92. The largest absolute Gasteiger partial charge is 0.481 e. The minimum Gasteiger partial charge on any atom is -0.481 e. The molecule has 3 rings (SSSR count). The molecule has 2 aliphatic rings. The molecule has 5 nitrogen and oxygen atoms in total. The van der Waals surface area contributed by atoms with Gasteiger partial charge >= 0.3 is 5.97 Å². The first-order valence-corrected chi connectivity index (χ1v) is 9.52. The van der Waals surface area contributed by atoms with Crippen molar-refractivity contribution < 1.29 is 23.5 Å². The van der Waals surface area contributed by atoms with Gasteiger partial charge in [0.2, 0.25) is 11.8 Å². The highest BCUT2D eigenvalue weighted by Crippen LogP contribution is 2.39. The van der Waals surface area contributed by atoms with Gasteiger partial charge in [-0.05, 0) is 50.9 Å². The predicted molar refractivity (Wildman–Crippen MR) is 97.9 cm³/mol. The van der Waals surface area contributed by atoms with E-state index in [2.05, 4.69) is 5.32 Å². The Morgan fingerprint density at radius 3 is 2.41 bits per heavy atom. The highest BCUT2D eigenvalue weighted by atomic mass is 19.3. The second-order valence-corrected chi connectivity index (χ2v) is 7.72. The lowest BCUT2D eigenvalue weighted by molar-refractivity contribution is -0.153. The summed E-state index contributed by atoms with van der Waals surface area (Å²) < 4.78 is 28.0. The van der Waals surface area contributed by atoms with E-state index in [9.17, 15) is 23.5 Å². The molecule has 27 heavy (non-hydrogen) atoms. The quantitative estimate of drug-likeness (QED) is 0.821. The van der Waals surface area contributed by atoms with Gasteiger partial charge in [-0.15, -0.1) is 0 Å². The molecule has 1 saturated heterocycles. The van der Waals surface area contributed by atoms with Crippen LogP contribution in [0.3, 0.4) is 0 Å². The molecule has 148 valence electrons. The van der Waals surface area contributed by atoms with Gasteiger partial charge in [-0.25, -0.2) is 8.78 Å². The van der Waals surface area contributed by atoms with Crippen LogP contribution < -0.4 is 10.2 Å². The minimum atomic E-state index is -2.80. The zero-order valence-electron chi connectivity index (χ0n) is 15.3. The molecule has 0 bridgehead atoms. The molecule has 0 aromatic heterocycles. The average molecular weight is 380 g/mol. The number of nitrogens with one attached hydrogen (secondary N) is 1. The molecule has 1 aromatic carbocycles. The van der Waals surface area contributed by atoms with E-state index in [1.54, 1.807) is 30.3 Å². The third kappa shape index (κ3) is 4.46. The number of rotatable bonds is 5. The third-order valence-corrected chi connectivity index (χ3v) is 5.79. The monoisotopic (exact) mass is 380 g/mol. The normalized spacial score (nSPS) is 24.1.